The highest BCUT2D eigenvalue weighted by molar-refractivity contribution is 5.92. The third-order valence-corrected chi connectivity index (χ3v) is 6.72. The number of fused-ring (bicyclic) bond motifs is 2. The van der Waals surface area contributed by atoms with Crippen LogP contribution < -0.4 is 0 Å². The van der Waals surface area contributed by atoms with E-state index in [1.165, 1.54) is 19.3 Å². The van der Waals surface area contributed by atoms with Gasteiger partial charge in [0.1, 0.15) is 5.78 Å². The third-order valence-electron chi connectivity index (χ3n) is 6.72. The fourth-order valence-corrected chi connectivity index (χ4v) is 5.13. The summed E-state index contributed by atoms with van der Waals surface area (Å²) in [5, 5.41) is 8.68. The van der Waals surface area contributed by atoms with Crippen LogP contribution in [0.15, 0.2) is 17.1 Å². The van der Waals surface area contributed by atoms with Crippen molar-refractivity contribution in [3.8, 4) is 0 Å². The molecule has 4 atom stereocenters. The third kappa shape index (κ3) is 6.00. The molecule has 0 aromatic rings. The summed E-state index contributed by atoms with van der Waals surface area (Å²) in [4.78, 5) is 27.5. The zero-order chi connectivity index (χ0) is 19.8. The van der Waals surface area contributed by atoms with E-state index in [2.05, 4.69) is 17.1 Å². The number of carbonyl (C=O) groups excluding carboxylic acids is 1. The quantitative estimate of drug-likeness (QED) is 0.318. The molecule has 1 saturated carbocycles. The molecule has 1 aliphatic carbocycles. The van der Waals surface area contributed by atoms with E-state index in [1.807, 2.05) is 6.21 Å². The normalized spacial score (nSPS) is 30.6. The minimum atomic E-state index is -0.727. The average molecular weight is 390 g/mol. The highest BCUT2D eigenvalue weighted by Gasteiger charge is 2.47. The molecule has 5 nitrogen and oxygen atoms in total. The lowest BCUT2D eigenvalue weighted by Gasteiger charge is -2.25. The van der Waals surface area contributed by atoms with Gasteiger partial charge in [-0.1, -0.05) is 31.4 Å². The number of carboxylic acids is 1. The first-order valence-corrected chi connectivity index (χ1v) is 11.2. The van der Waals surface area contributed by atoms with Gasteiger partial charge in [-0.25, -0.2) is 0 Å². The van der Waals surface area contributed by atoms with E-state index in [-0.39, 0.29) is 12.3 Å². The number of aliphatic imine (C=N–C) groups is 1. The summed E-state index contributed by atoms with van der Waals surface area (Å²) in [6.07, 6.45) is 18.1. The van der Waals surface area contributed by atoms with Crippen molar-refractivity contribution >= 4 is 18.0 Å². The Morgan fingerprint density at radius 2 is 1.75 bits per heavy atom. The first kappa shape index (κ1) is 21.2. The SMILES string of the molecule is O=C(O)CCCC=CC[C@@H]1[C@@H](CN=CCC(=O)C2CCCCC2)[C@@H]2CC[C@H]1O2. The number of ether oxygens (including phenoxy) is 1. The molecule has 3 aliphatic rings. The summed E-state index contributed by atoms with van der Waals surface area (Å²) in [7, 11) is 0. The molecule has 1 N–H and O–H groups in total. The molecule has 0 aromatic carbocycles. The van der Waals surface area contributed by atoms with Crippen molar-refractivity contribution in [3.63, 3.8) is 0 Å². The maximum atomic E-state index is 12.3. The van der Waals surface area contributed by atoms with E-state index >= 15 is 0 Å². The molecule has 2 aliphatic heterocycles. The van der Waals surface area contributed by atoms with Crippen molar-refractivity contribution in [1.82, 2.24) is 0 Å². The molecule has 156 valence electrons. The van der Waals surface area contributed by atoms with Crippen LogP contribution in [0.4, 0.5) is 0 Å². The van der Waals surface area contributed by atoms with Crippen LogP contribution in [0.2, 0.25) is 0 Å². The molecule has 2 saturated heterocycles. The predicted molar refractivity (Wildman–Crippen MR) is 110 cm³/mol. The number of ketones is 1. The molecular formula is C23H35NO4. The van der Waals surface area contributed by atoms with E-state index < -0.39 is 5.97 Å². The number of allylic oxidation sites excluding steroid dienone is 2. The number of unbranched alkanes of at least 4 members (excludes halogenated alkanes) is 1. The minimum Gasteiger partial charge on any atom is -0.481 e. The van der Waals surface area contributed by atoms with Crippen molar-refractivity contribution < 1.29 is 19.4 Å². The lowest BCUT2D eigenvalue weighted by atomic mass is 9.77. The Balaban J connectivity index is 1.40. The summed E-state index contributed by atoms with van der Waals surface area (Å²) in [6.45, 7) is 0.761. The van der Waals surface area contributed by atoms with Gasteiger partial charge in [0.05, 0.1) is 12.2 Å². The molecule has 0 aromatic heterocycles. The van der Waals surface area contributed by atoms with E-state index in [1.54, 1.807) is 0 Å². The van der Waals surface area contributed by atoms with Gasteiger partial charge in [0, 0.05) is 37.4 Å². The summed E-state index contributed by atoms with van der Waals surface area (Å²) < 4.78 is 6.13. The van der Waals surface area contributed by atoms with E-state index in [0.29, 0.717) is 42.7 Å². The number of aliphatic carboxylic acids is 1. The van der Waals surface area contributed by atoms with Crippen LogP contribution in [0.25, 0.3) is 0 Å². The van der Waals surface area contributed by atoms with Gasteiger partial charge in [0.15, 0.2) is 0 Å². The van der Waals surface area contributed by atoms with E-state index in [9.17, 15) is 9.59 Å². The van der Waals surface area contributed by atoms with E-state index in [0.717, 1.165) is 45.1 Å². The molecule has 2 heterocycles. The summed E-state index contributed by atoms with van der Waals surface area (Å²) >= 11 is 0. The van der Waals surface area contributed by atoms with Gasteiger partial charge in [0.2, 0.25) is 0 Å². The van der Waals surface area contributed by atoms with Crippen LogP contribution in [0.1, 0.15) is 77.0 Å². The molecule has 3 rings (SSSR count). The molecule has 28 heavy (non-hydrogen) atoms. The van der Waals surface area contributed by atoms with Crippen LogP contribution >= 0.6 is 0 Å². The fourth-order valence-electron chi connectivity index (χ4n) is 5.13. The van der Waals surface area contributed by atoms with Crippen LogP contribution in [-0.2, 0) is 14.3 Å². The second-order valence-corrected chi connectivity index (χ2v) is 8.66. The standard InChI is InChI=1S/C23H35NO4/c25-20(17-8-4-3-5-9-17)14-15-24-16-19-18(21-12-13-22(19)28-21)10-6-1-2-7-11-23(26)27/h1,6,15,17-19,21-22H,2-5,7-14,16H2,(H,26,27)/t18-,19-,21-,22+/m1/s1. The number of carbonyl (C=O) groups is 2. The second kappa shape index (κ2) is 10.9. The van der Waals surface area contributed by atoms with Gasteiger partial charge in [-0.05, 0) is 50.9 Å². The van der Waals surface area contributed by atoms with Crippen LogP contribution in [0.3, 0.4) is 0 Å². The maximum Gasteiger partial charge on any atom is 0.303 e. The number of hydrogen-bond acceptors (Lipinski definition) is 4. The molecule has 5 heteroatoms. The number of hydrogen-bond donors (Lipinski definition) is 1. The summed E-state index contributed by atoms with van der Waals surface area (Å²) in [6, 6.07) is 0. The Morgan fingerprint density at radius 3 is 2.50 bits per heavy atom. The molecular weight excluding hydrogens is 354 g/mol. The highest BCUT2D eigenvalue weighted by atomic mass is 16.5. The predicted octanol–water partition coefficient (Wildman–Crippen LogP) is 4.59. The number of rotatable bonds is 11. The van der Waals surface area contributed by atoms with Gasteiger partial charge in [-0.3, -0.25) is 14.6 Å². The zero-order valence-electron chi connectivity index (χ0n) is 16.9. The van der Waals surface area contributed by atoms with Gasteiger partial charge < -0.3 is 9.84 Å². The topological polar surface area (TPSA) is 76.0 Å². The minimum absolute atomic E-state index is 0.235. The Morgan fingerprint density at radius 1 is 1.00 bits per heavy atom. The smallest absolute Gasteiger partial charge is 0.303 e. The number of nitrogens with zero attached hydrogens (tertiary/aromatic N) is 1. The first-order chi connectivity index (χ1) is 13.6. The Kier molecular flexibility index (Phi) is 8.26. The molecule has 0 spiro atoms. The van der Waals surface area contributed by atoms with Crippen molar-refractivity contribution in [2.75, 3.05) is 6.54 Å². The fraction of sp³-hybridized carbons (Fsp3) is 0.783. The molecule has 2 bridgehead atoms. The van der Waals surface area contributed by atoms with E-state index in [4.69, 9.17) is 9.84 Å². The average Bonchev–Trinajstić information content (AvgIpc) is 3.30. The van der Waals surface area contributed by atoms with Crippen molar-refractivity contribution in [2.24, 2.45) is 22.7 Å². The monoisotopic (exact) mass is 389 g/mol. The molecule has 0 radical (unpaired) electrons. The van der Waals surface area contributed by atoms with Gasteiger partial charge >= 0.3 is 5.97 Å². The van der Waals surface area contributed by atoms with Crippen molar-refractivity contribution in [2.45, 2.75) is 89.3 Å². The lowest BCUT2D eigenvalue weighted by molar-refractivity contribution is -0.137. The maximum absolute atomic E-state index is 12.3. The largest absolute Gasteiger partial charge is 0.481 e. The van der Waals surface area contributed by atoms with Gasteiger partial charge in [-0.15, -0.1) is 0 Å². The van der Waals surface area contributed by atoms with Crippen LogP contribution in [0, 0.1) is 17.8 Å². The molecule has 0 unspecified atom stereocenters. The first-order valence-electron chi connectivity index (χ1n) is 11.2. The Bertz CT molecular complexity index is 579. The van der Waals surface area contributed by atoms with Crippen molar-refractivity contribution in [3.05, 3.63) is 12.2 Å². The van der Waals surface area contributed by atoms with Crippen LogP contribution in [0.5, 0.6) is 0 Å². The highest BCUT2D eigenvalue weighted by Crippen LogP contribution is 2.45. The second-order valence-electron chi connectivity index (χ2n) is 8.66. The Hall–Kier alpha value is -1.49. The van der Waals surface area contributed by atoms with Gasteiger partial charge in [-0.2, -0.15) is 0 Å². The Labute approximate surface area is 168 Å². The van der Waals surface area contributed by atoms with Crippen molar-refractivity contribution in [1.29, 1.82) is 0 Å². The summed E-state index contributed by atoms with van der Waals surface area (Å²) in [5.74, 6) is 0.859. The molecule has 3 fully saturated rings. The van der Waals surface area contributed by atoms with Gasteiger partial charge in [0.25, 0.3) is 0 Å². The number of Topliss-reactive ketones (excluding diaryl/α,β-unsaturated/α-hetero) is 1. The number of carboxylic acid groups (broad SMARTS) is 1. The summed E-state index contributed by atoms with van der Waals surface area (Å²) in [5.41, 5.74) is 0. The zero-order valence-corrected chi connectivity index (χ0v) is 16.9. The van der Waals surface area contributed by atoms with Crippen LogP contribution in [-0.4, -0.2) is 41.8 Å². The lowest BCUT2D eigenvalue weighted by Crippen LogP contribution is -2.29. The molecule has 0 amide bonds.